The topological polar surface area (TPSA) is 190 Å². The Bertz CT molecular complexity index is 516. The van der Waals surface area contributed by atoms with E-state index in [4.69, 9.17) is 19.9 Å². The lowest BCUT2D eigenvalue weighted by atomic mass is 10.1. The van der Waals surface area contributed by atoms with Gasteiger partial charge in [-0.25, -0.2) is 0 Å². The molecule has 22 heavy (non-hydrogen) atoms. The van der Waals surface area contributed by atoms with Crippen molar-refractivity contribution in [2.24, 2.45) is 0 Å². The van der Waals surface area contributed by atoms with E-state index in [-0.39, 0.29) is 0 Å². The van der Waals surface area contributed by atoms with Gasteiger partial charge in [0.15, 0.2) is 0 Å². The van der Waals surface area contributed by atoms with Crippen molar-refractivity contribution in [1.82, 2.24) is 4.90 Å². The Morgan fingerprint density at radius 2 is 1.59 bits per heavy atom. The average molecular weight is 343 g/mol. The van der Waals surface area contributed by atoms with Crippen molar-refractivity contribution in [1.29, 1.82) is 0 Å². The van der Waals surface area contributed by atoms with E-state index in [1.807, 2.05) is 0 Å². The van der Waals surface area contributed by atoms with Crippen molar-refractivity contribution in [3.8, 4) is 0 Å². The molecule has 0 heterocycles. The first kappa shape index (κ1) is 20.2. The highest BCUT2D eigenvalue weighted by Crippen LogP contribution is 2.10. The molecular formula is C10H17NO10S. The molecule has 2 unspecified atom stereocenters. The molecule has 0 rings (SSSR count). The minimum Gasteiger partial charge on any atom is -0.481 e. The lowest BCUT2D eigenvalue weighted by Gasteiger charge is -2.28. The quantitative estimate of drug-likeness (QED) is 0.259. The van der Waals surface area contributed by atoms with Gasteiger partial charge in [0.05, 0.1) is 12.6 Å². The predicted molar refractivity (Wildman–Crippen MR) is 69.9 cm³/mol. The van der Waals surface area contributed by atoms with Crippen molar-refractivity contribution in [3.63, 3.8) is 0 Å². The fourth-order valence-corrected chi connectivity index (χ4v) is 2.36. The molecular weight excluding hydrogens is 326 g/mol. The molecule has 0 radical (unpaired) electrons. The smallest absolute Gasteiger partial charge is 0.320 e. The third kappa shape index (κ3) is 9.23. The number of aliphatic carboxylic acids is 3. The minimum absolute atomic E-state index is 0.434. The molecule has 0 aliphatic rings. The maximum atomic E-state index is 11.1. The highest BCUT2D eigenvalue weighted by molar-refractivity contribution is 7.85. The molecule has 11 nitrogen and oxygen atoms in total. The van der Waals surface area contributed by atoms with E-state index >= 15 is 0 Å². The molecule has 0 aromatic carbocycles. The van der Waals surface area contributed by atoms with Gasteiger partial charge in [0.1, 0.15) is 11.8 Å². The van der Waals surface area contributed by atoms with E-state index in [9.17, 15) is 27.9 Å². The molecule has 0 aromatic rings. The minimum atomic E-state index is -4.53. The summed E-state index contributed by atoms with van der Waals surface area (Å²) in [6, 6.07) is -1.54. The van der Waals surface area contributed by atoms with Gasteiger partial charge in [0.2, 0.25) is 0 Å². The summed E-state index contributed by atoms with van der Waals surface area (Å²) in [6.45, 7) is -1.53. The number of nitrogens with zero attached hydrogens (tertiary/aromatic N) is 1. The van der Waals surface area contributed by atoms with Gasteiger partial charge in [0.25, 0.3) is 10.1 Å². The third-order valence-electron chi connectivity index (χ3n) is 2.54. The zero-order chi connectivity index (χ0) is 17.5. The fraction of sp³-hybridized carbons (Fsp3) is 0.700. The van der Waals surface area contributed by atoms with Gasteiger partial charge in [-0.3, -0.25) is 23.8 Å². The number of aliphatic hydroxyl groups excluding tert-OH is 1. The first-order valence-electron chi connectivity index (χ1n) is 5.96. The van der Waals surface area contributed by atoms with Gasteiger partial charge >= 0.3 is 17.9 Å². The van der Waals surface area contributed by atoms with E-state index in [0.29, 0.717) is 0 Å². The maximum absolute atomic E-state index is 11.1. The van der Waals surface area contributed by atoms with E-state index < -0.39 is 71.9 Å². The lowest BCUT2D eigenvalue weighted by Crippen LogP contribution is -2.48. The van der Waals surface area contributed by atoms with Gasteiger partial charge < -0.3 is 20.4 Å². The summed E-state index contributed by atoms with van der Waals surface area (Å²) >= 11 is 0. The molecule has 0 aliphatic heterocycles. The molecule has 0 saturated heterocycles. The molecule has 0 aliphatic carbocycles. The average Bonchev–Trinajstić information content (AvgIpc) is 2.23. The summed E-state index contributed by atoms with van der Waals surface area (Å²) in [6.07, 6.45) is -2.72. The molecule has 0 aromatic heterocycles. The first-order valence-corrected chi connectivity index (χ1v) is 7.57. The molecule has 5 N–H and O–H groups in total. The zero-order valence-electron chi connectivity index (χ0n) is 11.3. The molecule has 0 spiro atoms. The SMILES string of the molecule is O=C(O)CCC(C(=O)O)N(CC(=O)O)CC(O)CS(=O)(=O)O. The fourth-order valence-electron chi connectivity index (χ4n) is 1.76. The summed E-state index contributed by atoms with van der Waals surface area (Å²) in [5.41, 5.74) is 0. The van der Waals surface area contributed by atoms with Crippen LogP contribution >= 0.6 is 0 Å². The maximum Gasteiger partial charge on any atom is 0.320 e. The number of carboxylic acid groups (broad SMARTS) is 3. The van der Waals surface area contributed by atoms with Gasteiger partial charge in [-0.2, -0.15) is 8.42 Å². The zero-order valence-corrected chi connectivity index (χ0v) is 12.1. The van der Waals surface area contributed by atoms with Crippen molar-refractivity contribution in [3.05, 3.63) is 0 Å². The second kappa shape index (κ2) is 8.63. The second-order valence-electron chi connectivity index (χ2n) is 4.51. The molecule has 0 amide bonds. The van der Waals surface area contributed by atoms with Gasteiger partial charge in [-0.1, -0.05) is 0 Å². The summed E-state index contributed by atoms with van der Waals surface area (Å²) in [7, 11) is -4.53. The summed E-state index contributed by atoms with van der Waals surface area (Å²) in [4.78, 5) is 33.1. The van der Waals surface area contributed by atoms with Gasteiger partial charge in [0, 0.05) is 13.0 Å². The lowest BCUT2D eigenvalue weighted by molar-refractivity contribution is -0.147. The Morgan fingerprint density at radius 1 is 1.05 bits per heavy atom. The van der Waals surface area contributed by atoms with Crippen LogP contribution in [0.25, 0.3) is 0 Å². The first-order chi connectivity index (χ1) is 9.92. The van der Waals surface area contributed by atoms with Crippen LogP contribution in [0, 0.1) is 0 Å². The number of hydrogen-bond acceptors (Lipinski definition) is 7. The van der Waals surface area contributed by atoms with Crippen LogP contribution in [0.5, 0.6) is 0 Å². The van der Waals surface area contributed by atoms with E-state index in [1.54, 1.807) is 0 Å². The summed E-state index contributed by atoms with van der Waals surface area (Å²) in [5.74, 6) is -5.35. The normalized spacial score (nSPS) is 14.5. The van der Waals surface area contributed by atoms with E-state index in [0.717, 1.165) is 4.90 Å². The molecule has 2 atom stereocenters. The van der Waals surface area contributed by atoms with Crippen LogP contribution in [0.1, 0.15) is 12.8 Å². The predicted octanol–water partition coefficient (Wildman–Crippen LogP) is -2.06. The van der Waals surface area contributed by atoms with Gasteiger partial charge in [-0.15, -0.1) is 0 Å². The number of rotatable bonds is 11. The van der Waals surface area contributed by atoms with E-state index in [2.05, 4.69) is 0 Å². The largest absolute Gasteiger partial charge is 0.481 e. The van der Waals surface area contributed by atoms with E-state index in [1.165, 1.54) is 0 Å². The van der Waals surface area contributed by atoms with Crippen LogP contribution in [-0.2, 0) is 24.5 Å². The van der Waals surface area contributed by atoms with Crippen LogP contribution in [-0.4, -0.2) is 87.2 Å². The van der Waals surface area contributed by atoms with Crippen molar-refractivity contribution in [2.75, 3.05) is 18.8 Å². The van der Waals surface area contributed by atoms with Crippen LogP contribution in [0.4, 0.5) is 0 Å². The third-order valence-corrected chi connectivity index (χ3v) is 3.35. The highest BCUT2D eigenvalue weighted by Gasteiger charge is 2.30. The summed E-state index contributed by atoms with van der Waals surface area (Å²) in [5, 5.41) is 35.8. The summed E-state index contributed by atoms with van der Waals surface area (Å²) < 4.78 is 29.9. The number of hydrogen-bond donors (Lipinski definition) is 5. The van der Waals surface area contributed by atoms with Crippen LogP contribution < -0.4 is 0 Å². The molecule has 128 valence electrons. The highest BCUT2D eigenvalue weighted by atomic mass is 32.2. The Kier molecular flexibility index (Phi) is 7.94. The standard InChI is InChI=1S/C10H17NO10S/c12-6(5-22(19,20)21)3-11(4-9(15)16)7(10(17)18)1-2-8(13)14/h6-7,12H,1-5H2,(H,13,14)(H,15,16)(H,17,18)(H,19,20,21). The Balaban J connectivity index is 5.07. The Hall–Kier alpha value is -1.76. The second-order valence-corrected chi connectivity index (χ2v) is 6.01. The van der Waals surface area contributed by atoms with Crippen molar-refractivity contribution < 1.29 is 47.8 Å². The Morgan fingerprint density at radius 3 is 1.95 bits per heavy atom. The van der Waals surface area contributed by atoms with Crippen LogP contribution in [0.15, 0.2) is 0 Å². The van der Waals surface area contributed by atoms with Crippen LogP contribution in [0.2, 0.25) is 0 Å². The number of carbonyl (C=O) groups is 3. The number of aliphatic hydroxyl groups is 1. The molecule has 0 bridgehead atoms. The molecule has 0 fully saturated rings. The van der Waals surface area contributed by atoms with Crippen molar-refractivity contribution >= 4 is 28.0 Å². The Labute approximate surface area is 125 Å². The monoisotopic (exact) mass is 343 g/mol. The number of carboxylic acids is 3. The van der Waals surface area contributed by atoms with Crippen molar-refractivity contribution in [2.45, 2.75) is 25.0 Å². The molecule has 12 heteroatoms. The molecule has 0 saturated carbocycles. The van der Waals surface area contributed by atoms with Gasteiger partial charge in [-0.05, 0) is 6.42 Å². The van der Waals surface area contributed by atoms with Crippen LogP contribution in [0.3, 0.4) is 0 Å².